The van der Waals surface area contributed by atoms with Crippen LogP contribution in [-0.4, -0.2) is 21.1 Å². The van der Waals surface area contributed by atoms with E-state index >= 15 is 0 Å². The van der Waals surface area contributed by atoms with Crippen molar-refractivity contribution in [3.05, 3.63) is 30.4 Å². The summed E-state index contributed by atoms with van der Waals surface area (Å²) in [5.74, 6) is 2.59. The van der Waals surface area contributed by atoms with Crippen molar-refractivity contribution in [2.45, 2.75) is 64.8 Å². The number of carbonyl (C=O) groups excluding carboxylic acids is 2. The quantitative estimate of drug-likeness (QED) is 0.809. The fourth-order valence-corrected chi connectivity index (χ4v) is 7.13. The third-order valence-electron chi connectivity index (χ3n) is 8.42. The zero-order valence-electron chi connectivity index (χ0n) is 15.6. The summed E-state index contributed by atoms with van der Waals surface area (Å²) in [6, 6.07) is 0. The zero-order valence-corrected chi connectivity index (χ0v) is 15.6. The van der Waals surface area contributed by atoms with Gasteiger partial charge in [0.05, 0.1) is 6.33 Å². The van der Waals surface area contributed by atoms with Gasteiger partial charge in [-0.25, -0.2) is 4.98 Å². The first-order chi connectivity index (χ1) is 12.5. The fourth-order valence-electron chi connectivity index (χ4n) is 7.13. The van der Waals surface area contributed by atoms with Crippen molar-refractivity contribution in [2.75, 3.05) is 0 Å². The predicted molar refractivity (Wildman–Crippen MR) is 98.3 cm³/mol. The van der Waals surface area contributed by atoms with E-state index in [1.54, 1.807) is 0 Å². The molecular weight excluding hydrogens is 324 g/mol. The highest BCUT2D eigenvalue weighted by molar-refractivity contribution is 5.91. The molecule has 4 aliphatic rings. The minimum atomic E-state index is -0.0803. The van der Waals surface area contributed by atoms with E-state index in [9.17, 15) is 9.59 Å². The van der Waals surface area contributed by atoms with Gasteiger partial charge in [-0.15, -0.1) is 0 Å². The molecule has 1 aromatic heterocycles. The van der Waals surface area contributed by atoms with Crippen molar-refractivity contribution in [2.24, 2.45) is 28.6 Å². The lowest BCUT2D eigenvalue weighted by atomic mass is 9.47. The standard InChI is InChI=1S/C22H28N2O2/c1-21-8-7-19-17(18(21)4-5-20(21)26)3-2-15-12-16(25)6-9-22(15,19)13-24-11-10-23-14-24/h10-12,14,17-19H,2-9,13H2,1H3/t17-,18-,19-,21-,22+/m0/s1. The summed E-state index contributed by atoms with van der Waals surface area (Å²) >= 11 is 0. The molecule has 5 atom stereocenters. The fraction of sp³-hybridized carbons (Fsp3) is 0.682. The summed E-state index contributed by atoms with van der Waals surface area (Å²) in [7, 11) is 0. The molecule has 0 unspecified atom stereocenters. The molecule has 0 N–H and O–H groups in total. The lowest BCUT2D eigenvalue weighted by Crippen LogP contribution is -2.53. The predicted octanol–water partition coefficient (Wildman–Crippen LogP) is 3.96. The molecule has 3 saturated carbocycles. The molecule has 26 heavy (non-hydrogen) atoms. The van der Waals surface area contributed by atoms with Gasteiger partial charge >= 0.3 is 0 Å². The number of aromatic nitrogens is 2. The van der Waals surface area contributed by atoms with Crippen molar-refractivity contribution in [3.8, 4) is 0 Å². The summed E-state index contributed by atoms with van der Waals surface area (Å²) in [5.41, 5.74) is 1.39. The molecule has 3 fully saturated rings. The molecule has 4 heteroatoms. The number of allylic oxidation sites excluding steroid dienone is 1. The molecule has 0 bridgehead atoms. The Morgan fingerprint density at radius 2 is 2.00 bits per heavy atom. The second kappa shape index (κ2) is 5.64. The molecule has 138 valence electrons. The monoisotopic (exact) mass is 352 g/mol. The maximum absolute atomic E-state index is 12.6. The van der Waals surface area contributed by atoms with Gasteiger partial charge in [0.1, 0.15) is 5.78 Å². The van der Waals surface area contributed by atoms with E-state index in [4.69, 9.17) is 0 Å². The molecule has 0 aromatic carbocycles. The summed E-state index contributed by atoms with van der Waals surface area (Å²) in [4.78, 5) is 29.0. The molecule has 0 saturated heterocycles. The minimum Gasteiger partial charge on any atom is -0.337 e. The van der Waals surface area contributed by atoms with E-state index in [1.165, 1.54) is 5.57 Å². The third kappa shape index (κ3) is 2.17. The molecule has 0 amide bonds. The summed E-state index contributed by atoms with van der Waals surface area (Å²) in [5, 5.41) is 0. The van der Waals surface area contributed by atoms with Crippen molar-refractivity contribution >= 4 is 11.6 Å². The van der Waals surface area contributed by atoms with Gasteiger partial charge in [-0.05, 0) is 62.4 Å². The number of hydrogen-bond acceptors (Lipinski definition) is 3. The number of carbonyl (C=O) groups is 2. The highest BCUT2D eigenvalue weighted by atomic mass is 16.1. The lowest BCUT2D eigenvalue weighted by molar-refractivity contribution is -0.133. The van der Waals surface area contributed by atoms with E-state index in [1.807, 2.05) is 18.6 Å². The first-order valence-corrected chi connectivity index (χ1v) is 10.3. The van der Waals surface area contributed by atoms with Gasteiger partial charge in [-0.3, -0.25) is 9.59 Å². The van der Waals surface area contributed by atoms with E-state index in [-0.39, 0.29) is 10.8 Å². The second-order valence-electron chi connectivity index (χ2n) is 9.36. The molecule has 5 rings (SSSR count). The van der Waals surface area contributed by atoms with E-state index in [0.717, 1.165) is 51.5 Å². The van der Waals surface area contributed by atoms with Crippen LogP contribution < -0.4 is 0 Å². The maximum Gasteiger partial charge on any atom is 0.155 e. The zero-order chi connectivity index (χ0) is 17.9. The number of nitrogens with zero attached hydrogens (tertiary/aromatic N) is 2. The van der Waals surface area contributed by atoms with Crippen LogP contribution in [-0.2, 0) is 16.1 Å². The van der Waals surface area contributed by atoms with Crippen molar-refractivity contribution in [1.29, 1.82) is 0 Å². The summed E-state index contributed by atoms with van der Waals surface area (Å²) < 4.78 is 2.21. The van der Waals surface area contributed by atoms with Gasteiger partial charge in [0.15, 0.2) is 5.78 Å². The average Bonchev–Trinajstić information content (AvgIpc) is 3.23. The highest BCUT2D eigenvalue weighted by Crippen LogP contribution is 2.64. The van der Waals surface area contributed by atoms with Gasteiger partial charge in [0.25, 0.3) is 0 Å². The third-order valence-corrected chi connectivity index (χ3v) is 8.42. The largest absolute Gasteiger partial charge is 0.337 e. The van der Waals surface area contributed by atoms with Crippen LogP contribution in [0.3, 0.4) is 0 Å². The Labute approximate surface area is 155 Å². The van der Waals surface area contributed by atoms with Gasteiger partial charge in [0.2, 0.25) is 0 Å². The van der Waals surface area contributed by atoms with Crippen LogP contribution in [0.2, 0.25) is 0 Å². The van der Waals surface area contributed by atoms with Crippen LogP contribution in [0.4, 0.5) is 0 Å². The molecular formula is C22H28N2O2. The van der Waals surface area contributed by atoms with E-state index < -0.39 is 0 Å². The Bertz CT molecular complexity index is 780. The molecule has 4 nitrogen and oxygen atoms in total. The van der Waals surface area contributed by atoms with Crippen LogP contribution in [0.15, 0.2) is 30.4 Å². The Morgan fingerprint density at radius 1 is 1.12 bits per heavy atom. The van der Waals surface area contributed by atoms with Gasteiger partial charge in [0, 0.05) is 42.6 Å². The number of hydrogen-bond donors (Lipinski definition) is 0. The van der Waals surface area contributed by atoms with Gasteiger partial charge in [-0.2, -0.15) is 0 Å². The number of ketones is 2. The van der Waals surface area contributed by atoms with Crippen LogP contribution in [0.5, 0.6) is 0 Å². The topological polar surface area (TPSA) is 52.0 Å². The van der Waals surface area contributed by atoms with Gasteiger partial charge < -0.3 is 4.57 Å². The van der Waals surface area contributed by atoms with Crippen molar-refractivity contribution in [3.63, 3.8) is 0 Å². The molecule has 1 heterocycles. The highest BCUT2D eigenvalue weighted by Gasteiger charge is 2.60. The Morgan fingerprint density at radius 3 is 2.81 bits per heavy atom. The minimum absolute atomic E-state index is 0.0803. The van der Waals surface area contributed by atoms with E-state index in [2.05, 4.69) is 22.7 Å². The Hall–Kier alpha value is -1.71. The first kappa shape index (κ1) is 16.5. The summed E-state index contributed by atoms with van der Waals surface area (Å²) in [6.07, 6.45) is 15.6. The van der Waals surface area contributed by atoms with Crippen molar-refractivity contribution in [1.82, 2.24) is 9.55 Å². The SMILES string of the molecule is C[C@]12CC[C@H]3[C@@H](CCC4=CC(=O)CC[C@@]43Cn3ccnc3)[C@@H]1CCC2=O. The van der Waals surface area contributed by atoms with Crippen LogP contribution in [0.25, 0.3) is 0 Å². The Kier molecular flexibility index (Phi) is 3.57. The normalized spacial score (nSPS) is 42.0. The van der Waals surface area contributed by atoms with Crippen LogP contribution >= 0.6 is 0 Å². The second-order valence-corrected chi connectivity index (χ2v) is 9.36. The number of rotatable bonds is 2. The van der Waals surface area contributed by atoms with Gasteiger partial charge in [-0.1, -0.05) is 12.5 Å². The van der Waals surface area contributed by atoms with E-state index in [0.29, 0.717) is 35.7 Å². The number of Topliss-reactive ketones (excluding diaryl/α,β-unsaturated/α-hetero) is 1. The molecule has 4 aliphatic carbocycles. The van der Waals surface area contributed by atoms with Crippen molar-refractivity contribution < 1.29 is 9.59 Å². The molecule has 0 spiro atoms. The maximum atomic E-state index is 12.6. The molecule has 0 radical (unpaired) electrons. The smallest absolute Gasteiger partial charge is 0.155 e. The number of imidazole rings is 1. The molecule has 0 aliphatic heterocycles. The lowest BCUT2D eigenvalue weighted by Gasteiger charge is -2.58. The van der Waals surface area contributed by atoms with Crippen LogP contribution in [0, 0.1) is 28.6 Å². The summed E-state index contributed by atoms with van der Waals surface area (Å²) in [6.45, 7) is 3.17. The Balaban J connectivity index is 1.56. The number of fused-ring (bicyclic) bond motifs is 5. The molecule has 1 aromatic rings. The average molecular weight is 352 g/mol. The van der Waals surface area contributed by atoms with Crippen LogP contribution in [0.1, 0.15) is 58.3 Å². The first-order valence-electron chi connectivity index (χ1n) is 10.3.